The van der Waals surface area contributed by atoms with E-state index in [-0.39, 0.29) is 11.8 Å². The molecule has 6 rings (SSSR count). The van der Waals surface area contributed by atoms with Crippen molar-refractivity contribution < 1.29 is 9.53 Å². The number of carbonyl (C=O) groups is 1. The lowest BCUT2D eigenvalue weighted by atomic mass is 9.86. The largest absolute Gasteiger partial charge is 0.457 e. The summed E-state index contributed by atoms with van der Waals surface area (Å²) in [5.74, 6) is 2.13. The molecule has 6 nitrogen and oxygen atoms in total. The highest BCUT2D eigenvalue weighted by Crippen LogP contribution is 2.44. The number of amides is 1. The molecule has 180 valence electrons. The van der Waals surface area contributed by atoms with Crippen LogP contribution in [0.1, 0.15) is 28.2 Å². The second-order valence-corrected chi connectivity index (χ2v) is 9.52. The molecule has 0 spiro atoms. The number of hydrogen-bond acceptors (Lipinski definition) is 5. The predicted molar refractivity (Wildman–Crippen MR) is 141 cm³/mol. The Morgan fingerprint density at radius 2 is 1.47 bits per heavy atom. The number of fused-ring (bicyclic) bond motifs is 2. The van der Waals surface area contributed by atoms with E-state index in [1.807, 2.05) is 65.6 Å². The Balaban J connectivity index is 1.17. The Bertz CT molecular complexity index is 1380. The molecule has 4 aromatic rings. The summed E-state index contributed by atoms with van der Waals surface area (Å²) in [7, 11) is 0. The van der Waals surface area contributed by atoms with Gasteiger partial charge in [-0.05, 0) is 43.7 Å². The fourth-order valence-electron chi connectivity index (χ4n) is 5.25. The third kappa shape index (κ3) is 3.98. The molecule has 6 heteroatoms. The number of aromatic nitrogens is 2. The number of hydrogen-bond donors (Lipinski definition) is 0. The molecule has 0 unspecified atom stereocenters. The van der Waals surface area contributed by atoms with E-state index >= 15 is 0 Å². The monoisotopic (exact) mass is 476 g/mol. The van der Waals surface area contributed by atoms with Crippen molar-refractivity contribution in [1.29, 1.82) is 0 Å². The first kappa shape index (κ1) is 22.3. The zero-order valence-electron chi connectivity index (χ0n) is 20.5. The third-order valence-electron chi connectivity index (χ3n) is 7.15. The van der Waals surface area contributed by atoms with Crippen molar-refractivity contribution >= 4 is 11.7 Å². The molecule has 0 atom stereocenters. The van der Waals surface area contributed by atoms with Gasteiger partial charge in [-0.25, -0.2) is 0 Å². The first-order chi connectivity index (χ1) is 17.6. The standard InChI is InChI=1S/C30H28N4O2/c1-20-11-12-22(21(2)19-20)25-13-14-28(32-31-25)33-15-17-34(18-16-33)30(35)29-23-7-3-5-9-26(23)36-27-10-6-4-8-24(27)29/h3-14,19,29H,15-18H2,1-2H3. The van der Waals surface area contributed by atoms with Gasteiger partial charge in [0.15, 0.2) is 5.82 Å². The van der Waals surface area contributed by atoms with Crippen LogP contribution >= 0.6 is 0 Å². The lowest BCUT2D eigenvalue weighted by Gasteiger charge is -2.38. The second-order valence-electron chi connectivity index (χ2n) is 9.52. The summed E-state index contributed by atoms with van der Waals surface area (Å²) in [5, 5.41) is 9.02. The van der Waals surface area contributed by atoms with Gasteiger partial charge >= 0.3 is 0 Å². The van der Waals surface area contributed by atoms with Gasteiger partial charge in [0.25, 0.3) is 0 Å². The molecule has 3 aromatic carbocycles. The van der Waals surface area contributed by atoms with E-state index in [9.17, 15) is 4.79 Å². The number of nitrogens with zero attached hydrogens (tertiary/aromatic N) is 4. The van der Waals surface area contributed by atoms with E-state index in [4.69, 9.17) is 4.74 Å². The van der Waals surface area contributed by atoms with Crippen molar-refractivity contribution in [3.8, 4) is 22.8 Å². The van der Waals surface area contributed by atoms with Crippen LogP contribution in [0.5, 0.6) is 11.5 Å². The van der Waals surface area contributed by atoms with Crippen molar-refractivity contribution in [3.63, 3.8) is 0 Å². The van der Waals surface area contributed by atoms with E-state index in [1.165, 1.54) is 11.1 Å². The molecular weight excluding hydrogens is 448 g/mol. The van der Waals surface area contributed by atoms with Crippen LogP contribution in [0.25, 0.3) is 11.3 Å². The van der Waals surface area contributed by atoms with Gasteiger partial charge in [0.05, 0.1) is 11.6 Å². The topological polar surface area (TPSA) is 58.6 Å². The smallest absolute Gasteiger partial charge is 0.234 e. The van der Waals surface area contributed by atoms with Gasteiger partial charge in [-0.1, -0.05) is 60.2 Å². The van der Waals surface area contributed by atoms with Gasteiger partial charge in [-0.15, -0.1) is 10.2 Å². The Morgan fingerprint density at radius 1 is 0.806 bits per heavy atom. The lowest BCUT2D eigenvalue weighted by molar-refractivity contribution is -0.132. The molecule has 36 heavy (non-hydrogen) atoms. The zero-order valence-corrected chi connectivity index (χ0v) is 20.5. The highest BCUT2D eigenvalue weighted by atomic mass is 16.5. The van der Waals surface area contributed by atoms with Gasteiger partial charge in [0.1, 0.15) is 11.5 Å². The van der Waals surface area contributed by atoms with Crippen LogP contribution < -0.4 is 9.64 Å². The van der Waals surface area contributed by atoms with Gasteiger partial charge in [-0.2, -0.15) is 0 Å². The SMILES string of the molecule is Cc1ccc(-c2ccc(N3CCN(C(=O)C4c5ccccc5Oc5ccccc54)CC3)nn2)c(C)c1. The number of para-hydroxylation sites is 2. The van der Waals surface area contributed by atoms with E-state index < -0.39 is 0 Å². The summed E-state index contributed by atoms with van der Waals surface area (Å²) in [6.45, 7) is 6.91. The normalized spacial score (nSPS) is 15.2. The van der Waals surface area contributed by atoms with Crippen molar-refractivity contribution in [2.24, 2.45) is 0 Å². The van der Waals surface area contributed by atoms with Gasteiger partial charge in [0.2, 0.25) is 5.91 Å². The fraction of sp³-hybridized carbons (Fsp3) is 0.233. The highest BCUT2D eigenvalue weighted by Gasteiger charge is 2.36. The molecule has 2 aliphatic heterocycles. The van der Waals surface area contributed by atoms with Crippen LogP contribution in [0.2, 0.25) is 0 Å². The molecule has 0 saturated carbocycles. The first-order valence-corrected chi connectivity index (χ1v) is 12.4. The number of ether oxygens (including phenoxy) is 1. The Kier molecular flexibility index (Phi) is 5.64. The summed E-state index contributed by atoms with van der Waals surface area (Å²) in [5.41, 5.74) is 6.27. The summed E-state index contributed by atoms with van der Waals surface area (Å²) in [6.07, 6.45) is 0. The molecule has 0 aliphatic carbocycles. The number of carbonyl (C=O) groups excluding carboxylic acids is 1. The molecule has 2 aliphatic rings. The first-order valence-electron chi connectivity index (χ1n) is 12.4. The minimum atomic E-state index is -0.352. The summed E-state index contributed by atoms with van der Waals surface area (Å²) in [4.78, 5) is 18.0. The number of anilines is 1. The third-order valence-corrected chi connectivity index (χ3v) is 7.15. The molecule has 1 aromatic heterocycles. The van der Waals surface area contributed by atoms with Gasteiger partial charge in [0, 0.05) is 42.9 Å². The maximum absolute atomic E-state index is 13.8. The zero-order chi connectivity index (χ0) is 24.6. The van der Waals surface area contributed by atoms with Crippen LogP contribution in [0.15, 0.2) is 78.9 Å². The molecular formula is C30H28N4O2. The quantitative estimate of drug-likeness (QED) is 0.399. The lowest BCUT2D eigenvalue weighted by Crippen LogP contribution is -2.50. The van der Waals surface area contributed by atoms with Crippen molar-refractivity contribution in [2.45, 2.75) is 19.8 Å². The van der Waals surface area contributed by atoms with Crippen LogP contribution in [-0.2, 0) is 4.79 Å². The number of piperazine rings is 1. The van der Waals surface area contributed by atoms with Gasteiger partial charge < -0.3 is 14.5 Å². The number of benzene rings is 3. The fourth-order valence-corrected chi connectivity index (χ4v) is 5.25. The molecule has 1 fully saturated rings. The predicted octanol–water partition coefficient (Wildman–Crippen LogP) is 5.35. The molecule has 1 saturated heterocycles. The van der Waals surface area contributed by atoms with Crippen LogP contribution in [0.4, 0.5) is 5.82 Å². The molecule has 3 heterocycles. The average molecular weight is 477 g/mol. The van der Waals surface area contributed by atoms with E-state index in [0.717, 1.165) is 52.8 Å². The minimum absolute atomic E-state index is 0.120. The summed E-state index contributed by atoms with van der Waals surface area (Å²) in [6, 6.07) is 26.1. The summed E-state index contributed by atoms with van der Waals surface area (Å²) < 4.78 is 6.08. The van der Waals surface area contributed by atoms with Crippen molar-refractivity contribution in [3.05, 3.63) is 101 Å². The average Bonchev–Trinajstić information content (AvgIpc) is 2.91. The number of aryl methyl sites for hydroxylation is 2. The van der Waals surface area contributed by atoms with Crippen LogP contribution in [-0.4, -0.2) is 47.2 Å². The van der Waals surface area contributed by atoms with Crippen molar-refractivity contribution in [2.75, 3.05) is 31.1 Å². The Labute approximate surface area is 211 Å². The van der Waals surface area contributed by atoms with E-state index in [1.54, 1.807) is 0 Å². The summed E-state index contributed by atoms with van der Waals surface area (Å²) >= 11 is 0. The molecule has 0 bridgehead atoms. The number of rotatable bonds is 3. The molecule has 0 radical (unpaired) electrons. The van der Waals surface area contributed by atoms with E-state index in [0.29, 0.717) is 13.1 Å². The minimum Gasteiger partial charge on any atom is -0.457 e. The maximum atomic E-state index is 13.8. The Morgan fingerprint density at radius 3 is 2.08 bits per heavy atom. The maximum Gasteiger partial charge on any atom is 0.234 e. The Hall–Kier alpha value is -4.19. The molecule has 1 amide bonds. The van der Waals surface area contributed by atoms with E-state index in [2.05, 4.69) is 47.1 Å². The van der Waals surface area contributed by atoms with Crippen LogP contribution in [0.3, 0.4) is 0 Å². The van der Waals surface area contributed by atoms with Crippen LogP contribution in [0, 0.1) is 13.8 Å². The van der Waals surface area contributed by atoms with Crippen molar-refractivity contribution in [1.82, 2.24) is 15.1 Å². The second kappa shape index (κ2) is 9.11. The molecule has 0 N–H and O–H groups in total. The highest BCUT2D eigenvalue weighted by molar-refractivity contribution is 5.90. The van der Waals surface area contributed by atoms with Gasteiger partial charge in [-0.3, -0.25) is 4.79 Å².